The second-order valence-corrected chi connectivity index (χ2v) is 11.9. The normalized spacial score (nSPS) is 20.3. The molecule has 0 amide bonds. The Hall–Kier alpha value is -3.44. The third-order valence-corrected chi connectivity index (χ3v) is 8.73. The Morgan fingerprint density at radius 3 is 2.30 bits per heavy atom. The van der Waals surface area contributed by atoms with Crippen molar-refractivity contribution < 1.29 is 13.2 Å². The van der Waals surface area contributed by atoms with Gasteiger partial charge < -0.3 is 19.8 Å². The van der Waals surface area contributed by atoms with E-state index in [4.69, 9.17) is 31.4 Å². The minimum Gasteiger partial charge on any atom is -0.760 e. The monoisotopic (exact) mass is 623 g/mol. The Balaban J connectivity index is 0.000000868. The SMILES string of the molecule is CN1CCN(C2CCC(n3cc(-c4ccc(-c5ccc(C#N)cc5Cl)c(F)c4)c4c(N)ncnc43)CC2)CC1.NS(=O)[O-]. The molecule has 43 heavy (non-hydrogen) atoms. The molecule has 4 aromatic rings. The van der Waals surface area contributed by atoms with Crippen LogP contribution in [0.25, 0.3) is 33.3 Å². The van der Waals surface area contributed by atoms with E-state index in [1.54, 1.807) is 24.3 Å². The molecule has 1 unspecified atom stereocenters. The number of anilines is 1. The zero-order valence-corrected chi connectivity index (χ0v) is 25.3. The fourth-order valence-electron chi connectivity index (χ4n) is 6.20. The zero-order valence-electron chi connectivity index (χ0n) is 23.7. The number of halogens is 2. The lowest BCUT2D eigenvalue weighted by Gasteiger charge is -2.41. The highest BCUT2D eigenvalue weighted by atomic mass is 35.5. The number of hydrogen-bond donors (Lipinski definition) is 2. The minimum atomic E-state index is -2.36. The molecule has 1 saturated heterocycles. The highest BCUT2D eigenvalue weighted by Gasteiger charge is 2.30. The van der Waals surface area contributed by atoms with Crippen LogP contribution < -0.4 is 10.9 Å². The van der Waals surface area contributed by atoms with Crippen molar-refractivity contribution in [3.63, 3.8) is 0 Å². The van der Waals surface area contributed by atoms with E-state index >= 15 is 4.39 Å². The van der Waals surface area contributed by atoms with Gasteiger partial charge in [0.05, 0.1) is 17.0 Å². The Bertz CT molecular complexity index is 1670. The summed E-state index contributed by atoms with van der Waals surface area (Å²) >= 11 is 4.01. The molecule has 1 aliphatic heterocycles. The molecule has 6 rings (SSSR count). The van der Waals surface area contributed by atoms with Crippen LogP contribution in [0.1, 0.15) is 37.3 Å². The van der Waals surface area contributed by atoms with Crippen LogP contribution >= 0.6 is 11.6 Å². The van der Waals surface area contributed by atoms with Gasteiger partial charge in [-0.25, -0.2) is 14.4 Å². The number of benzene rings is 2. The number of likely N-dealkylation sites (N-methyl/N-ethyl adjacent to an activating group) is 1. The van der Waals surface area contributed by atoms with Gasteiger partial charge in [-0.3, -0.25) is 14.2 Å². The van der Waals surface area contributed by atoms with Gasteiger partial charge in [0.25, 0.3) is 0 Å². The van der Waals surface area contributed by atoms with Gasteiger partial charge in [0.15, 0.2) is 0 Å². The van der Waals surface area contributed by atoms with Gasteiger partial charge in [-0.2, -0.15) is 5.26 Å². The Labute approximate surface area is 257 Å². The van der Waals surface area contributed by atoms with Gasteiger partial charge in [-0.05, 0) is 56.5 Å². The predicted molar refractivity (Wildman–Crippen MR) is 166 cm³/mol. The number of nitriles is 1. The summed E-state index contributed by atoms with van der Waals surface area (Å²) in [5.41, 5.74) is 10.0. The molecule has 2 aromatic carbocycles. The highest BCUT2D eigenvalue weighted by molar-refractivity contribution is 7.76. The largest absolute Gasteiger partial charge is 0.760 e. The van der Waals surface area contributed by atoms with Crippen molar-refractivity contribution in [3.05, 3.63) is 65.3 Å². The lowest BCUT2D eigenvalue weighted by Crippen LogP contribution is -2.49. The van der Waals surface area contributed by atoms with E-state index in [9.17, 15) is 0 Å². The maximum atomic E-state index is 15.5. The van der Waals surface area contributed by atoms with Crippen LogP contribution in [0.5, 0.6) is 0 Å². The van der Waals surface area contributed by atoms with E-state index < -0.39 is 17.1 Å². The molecule has 1 atom stereocenters. The van der Waals surface area contributed by atoms with Gasteiger partial charge in [-0.1, -0.05) is 29.8 Å². The number of nitrogen functional groups attached to an aromatic ring is 1. The maximum absolute atomic E-state index is 15.5. The second-order valence-electron chi connectivity index (χ2n) is 11.0. The second kappa shape index (κ2) is 13.5. The molecule has 226 valence electrons. The molecule has 0 spiro atoms. The summed E-state index contributed by atoms with van der Waals surface area (Å²) in [5.74, 6) is -0.0115. The Morgan fingerprint density at radius 1 is 1.02 bits per heavy atom. The fourth-order valence-corrected chi connectivity index (χ4v) is 6.48. The Morgan fingerprint density at radius 2 is 1.67 bits per heavy atom. The van der Waals surface area contributed by atoms with Crippen LogP contribution in [0.4, 0.5) is 10.2 Å². The topological polar surface area (TPSA) is 153 Å². The molecule has 4 N–H and O–H groups in total. The average Bonchev–Trinajstić information content (AvgIpc) is 3.39. The van der Waals surface area contributed by atoms with Crippen molar-refractivity contribution in [3.8, 4) is 28.3 Å². The van der Waals surface area contributed by atoms with Crippen LogP contribution in [0.15, 0.2) is 48.9 Å². The van der Waals surface area contributed by atoms with Crippen LogP contribution in [-0.4, -0.2) is 72.4 Å². The van der Waals surface area contributed by atoms with Gasteiger partial charge in [0.1, 0.15) is 23.6 Å². The first-order valence-electron chi connectivity index (χ1n) is 14.0. The van der Waals surface area contributed by atoms with Crippen LogP contribution in [0.2, 0.25) is 5.02 Å². The predicted octanol–water partition coefficient (Wildman–Crippen LogP) is 4.48. The lowest BCUT2D eigenvalue weighted by molar-refractivity contribution is 0.0828. The van der Waals surface area contributed by atoms with Crippen molar-refractivity contribution >= 4 is 39.7 Å². The van der Waals surface area contributed by atoms with Crippen molar-refractivity contribution in [1.29, 1.82) is 5.26 Å². The molecule has 1 saturated carbocycles. The summed E-state index contributed by atoms with van der Waals surface area (Å²) in [6.07, 6.45) is 8.00. The summed E-state index contributed by atoms with van der Waals surface area (Å²) in [4.78, 5) is 13.9. The van der Waals surface area contributed by atoms with Crippen LogP contribution in [0, 0.1) is 17.1 Å². The molecule has 2 aromatic heterocycles. The third kappa shape index (κ3) is 6.88. The highest BCUT2D eigenvalue weighted by Crippen LogP contribution is 2.40. The van der Waals surface area contributed by atoms with Gasteiger partial charge in [0.2, 0.25) is 0 Å². The number of piperazine rings is 1. The van der Waals surface area contributed by atoms with E-state index in [1.807, 2.05) is 6.07 Å². The summed E-state index contributed by atoms with van der Waals surface area (Å²) in [6, 6.07) is 13.0. The fraction of sp³-hybridized carbons (Fsp3) is 0.367. The molecule has 10 nitrogen and oxygen atoms in total. The zero-order chi connectivity index (χ0) is 30.7. The number of nitrogens with two attached hydrogens (primary N) is 2. The number of aromatic nitrogens is 3. The van der Waals surface area contributed by atoms with Gasteiger partial charge in [0, 0.05) is 77.4 Å². The third-order valence-electron chi connectivity index (χ3n) is 8.42. The van der Waals surface area contributed by atoms with E-state index in [2.05, 4.69) is 48.8 Å². The van der Waals surface area contributed by atoms with E-state index in [1.165, 1.54) is 12.4 Å². The molecule has 13 heteroatoms. The lowest BCUT2D eigenvalue weighted by atomic mass is 9.89. The van der Waals surface area contributed by atoms with Gasteiger partial charge in [-0.15, -0.1) is 0 Å². The summed E-state index contributed by atoms with van der Waals surface area (Å²) in [6.45, 7) is 4.55. The molecule has 3 heterocycles. The summed E-state index contributed by atoms with van der Waals surface area (Å²) < 4.78 is 35.3. The van der Waals surface area contributed by atoms with Crippen LogP contribution in [-0.2, 0) is 11.3 Å². The number of hydrogen-bond acceptors (Lipinski definition) is 8. The quantitative estimate of drug-likeness (QED) is 0.316. The summed E-state index contributed by atoms with van der Waals surface area (Å²) in [5, 5.41) is 14.2. The number of rotatable bonds is 4. The van der Waals surface area contributed by atoms with E-state index in [0.29, 0.717) is 45.2 Å². The molecule has 0 bridgehead atoms. The molecular weight excluding hydrogens is 591 g/mol. The minimum absolute atomic E-state index is 0.306. The molecule has 2 aliphatic rings. The molecule has 0 radical (unpaired) electrons. The first-order valence-corrected chi connectivity index (χ1v) is 15.5. The van der Waals surface area contributed by atoms with E-state index in [-0.39, 0.29) is 0 Å². The van der Waals surface area contributed by atoms with Gasteiger partial charge >= 0.3 is 0 Å². The smallest absolute Gasteiger partial charge is 0.146 e. The van der Waals surface area contributed by atoms with E-state index in [0.717, 1.165) is 68.5 Å². The molecule has 2 fully saturated rings. The number of nitrogens with zero attached hydrogens (tertiary/aromatic N) is 6. The average molecular weight is 624 g/mol. The van der Waals surface area contributed by atoms with Crippen molar-refractivity contribution in [1.82, 2.24) is 24.3 Å². The summed E-state index contributed by atoms with van der Waals surface area (Å²) in [7, 11) is 2.19. The molecular formula is C30H33ClFN8O2S-. The van der Waals surface area contributed by atoms with Crippen molar-refractivity contribution in [2.75, 3.05) is 39.0 Å². The molecule has 1 aliphatic carbocycles. The Kier molecular flexibility index (Phi) is 9.71. The standard InChI is InChI=1S/C30H31ClFN7.H3NO2S/c1-37-10-12-38(13-11-37)21-4-6-22(7-5-21)39-17-25(28-29(34)35-18-36-30(28)39)20-3-9-24(27(32)15-20)23-8-2-19(16-33)14-26(23)31;1-4(2)3/h2-3,8-9,14-15,17-18,21-22H,4-7,10-13H2,1H3,(H2,34,35,36);1H2,(H,2,3)/p-1. The first kappa shape index (κ1) is 31.0. The maximum Gasteiger partial charge on any atom is 0.146 e. The van der Waals surface area contributed by atoms with Crippen molar-refractivity contribution in [2.45, 2.75) is 37.8 Å². The van der Waals surface area contributed by atoms with Crippen molar-refractivity contribution in [2.24, 2.45) is 5.14 Å². The van der Waals surface area contributed by atoms with Crippen LogP contribution in [0.3, 0.4) is 0 Å². The first-order chi connectivity index (χ1) is 20.7. The number of fused-ring (bicyclic) bond motifs is 1.